The number of benzene rings is 2. The van der Waals surface area contributed by atoms with Crippen molar-refractivity contribution in [1.29, 1.82) is 0 Å². The molecule has 0 aromatic heterocycles. The van der Waals surface area contributed by atoms with Crippen molar-refractivity contribution in [3.05, 3.63) is 71.3 Å². The predicted molar refractivity (Wildman–Crippen MR) is 97.8 cm³/mol. The number of hydrogen-bond donors (Lipinski definition) is 1. The highest BCUT2D eigenvalue weighted by molar-refractivity contribution is 5.91. The van der Waals surface area contributed by atoms with E-state index in [-0.39, 0.29) is 23.9 Å². The first kappa shape index (κ1) is 17.2. The monoisotopic (exact) mass is 336 g/mol. The molecule has 25 heavy (non-hydrogen) atoms. The fourth-order valence-corrected chi connectivity index (χ4v) is 3.23. The highest BCUT2D eigenvalue weighted by atomic mass is 16.2. The minimum absolute atomic E-state index is 0.0492. The summed E-state index contributed by atoms with van der Waals surface area (Å²) < 4.78 is 0. The maximum Gasteiger partial charge on any atom is 0.243 e. The van der Waals surface area contributed by atoms with Crippen LogP contribution in [0.15, 0.2) is 54.6 Å². The summed E-state index contributed by atoms with van der Waals surface area (Å²) in [4.78, 5) is 26.7. The second-order valence-corrected chi connectivity index (χ2v) is 6.70. The molecule has 1 fully saturated rings. The third-order valence-corrected chi connectivity index (χ3v) is 4.76. The molecular formula is C21H24N2O2. The van der Waals surface area contributed by atoms with Gasteiger partial charge in [0.05, 0.1) is 6.04 Å². The Kier molecular flexibility index (Phi) is 5.17. The first-order valence-corrected chi connectivity index (χ1v) is 8.75. The van der Waals surface area contributed by atoms with Crippen LogP contribution in [0.3, 0.4) is 0 Å². The number of hydrogen-bond acceptors (Lipinski definition) is 2. The Labute approximate surface area is 148 Å². The molecule has 1 N–H and O–H groups in total. The number of aryl methyl sites for hydroxylation is 1. The maximum atomic E-state index is 12.7. The lowest BCUT2D eigenvalue weighted by molar-refractivity contribution is -0.136. The van der Waals surface area contributed by atoms with E-state index in [4.69, 9.17) is 0 Å². The minimum Gasteiger partial charge on any atom is -0.348 e. The van der Waals surface area contributed by atoms with Crippen molar-refractivity contribution in [3.8, 4) is 0 Å². The molecule has 4 heteroatoms. The van der Waals surface area contributed by atoms with Gasteiger partial charge in [-0.25, -0.2) is 0 Å². The van der Waals surface area contributed by atoms with Crippen LogP contribution in [-0.4, -0.2) is 22.8 Å². The molecule has 2 aromatic carbocycles. The molecule has 0 spiro atoms. The number of rotatable bonds is 5. The van der Waals surface area contributed by atoms with E-state index >= 15 is 0 Å². The van der Waals surface area contributed by atoms with Crippen molar-refractivity contribution in [3.63, 3.8) is 0 Å². The average molecular weight is 336 g/mol. The van der Waals surface area contributed by atoms with E-state index in [2.05, 4.69) is 5.32 Å². The Balaban J connectivity index is 1.68. The van der Waals surface area contributed by atoms with Crippen molar-refractivity contribution < 1.29 is 9.59 Å². The van der Waals surface area contributed by atoms with Crippen LogP contribution in [0.5, 0.6) is 0 Å². The Hall–Kier alpha value is -2.62. The molecule has 2 amide bonds. The summed E-state index contributed by atoms with van der Waals surface area (Å²) in [7, 11) is 0. The molecule has 130 valence electrons. The summed E-state index contributed by atoms with van der Waals surface area (Å²) in [6.45, 7) is 4.48. The van der Waals surface area contributed by atoms with Gasteiger partial charge in [0.1, 0.15) is 6.04 Å². The Bertz CT molecular complexity index is 740. The molecule has 2 aromatic rings. The van der Waals surface area contributed by atoms with E-state index < -0.39 is 0 Å². The van der Waals surface area contributed by atoms with Crippen LogP contribution < -0.4 is 5.32 Å². The van der Waals surface area contributed by atoms with Crippen molar-refractivity contribution >= 4 is 11.8 Å². The van der Waals surface area contributed by atoms with Gasteiger partial charge in [-0.05, 0) is 31.4 Å². The minimum atomic E-state index is -0.389. The lowest BCUT2D eigenvalue weighted by Gasteiger charge is -2.26. The Morgan fingerprint density at radius 3 is 2.52 bits per heavy atom. The summed E-state index contributed by atoms with van der Waals surface area (Å²) in [6.07, 6.45) is 1.02. The van der Waals surface area contributed by atoms with E-state index in [1.165, 1.54) is 5.56 Å². The van der Waals surface area contributed by atoms with Gasteiger partial charge in [-0.3, -0.25) is 9.59 Å². The molecule has 1 aliphatic rings. The summed E-state index contributed by atoms with van der Waals surface area (Å²) in [5.74, 6) is -0.0256. The molecule has 2 unspecified atom stereocenters. The Morgan fingerprint density at radius 2 is 1.84 bits per heavy atom. The molecule has 0 bridgehead atoms. The quantitative estimate of drug-likeness (QED) is 0.910. The van der Waals surface area contributed by atoms with Gasteiger partial charge in [0.2, 0.25) is 11.8 Å². The average Bonchev–Trinajstić information content (AvgIpc) is 2.98. The van der Waals surface area contributed by atoms with Crippen LogP contribution in [0.4, 0.5) is 0 Å². The summed E-state index contributed by atoms with van der Waals surface area (Å²) in [6, 6.07) is 17.5. The number of carbonyl (C=O) groups is 2. The summed E-state index contributed by atoms with van der Waals surface area (Å²) in [5, 5.41) is 3.05. The lowest BCUT2D eigenvalue weighted by atomic mass is 10.1. The van der Waals surface area contributed by atoms with Crippen molar-refractivity contribution in [2.24, 2.45) is 0 Å². The molecule has 3 rings (SSSR count). The molecule has 0 saturated carbocycles. The first-order valence-electron chi connectivity index (χ1n) is 8.75. The van der Waals surface area contributed by atoms with Crippen LogP contribution in [0, 0.1) is 6.92 Å². The highest BCUT2D eigenvalue weighted by Gasteiger charge is 2.36. The number of amides is 2. The molecule has 2 atom stereocenters. The van der Waals surface area contributed by atoms with Gasteiger partial charge in [-0.15, -0.1) is 0 Å². The molecule has 0 aliphatic carbocycles. The zero-order valence-electron chi connectivity index (χ0n) is 14.7. The molecule has 1 saturated heterocycles. The van der Waals surface area contributed by atoms with E-state index in [0.717, 1.165) is 11.1 Å². The zero-order valence-corrected chi connectivity index (χ0v) is 14.7. The second-order valence-electron chi connectivity index (χ2n) is 6.70. The normalized spacial score (nSPS) is 18.2. The third kappa shape index (κ3) is 4.08. The molecule has 1 heterocycles. The van der Waals surface area contributed by atoms with Crippen LogP contribution in [0.2, 0.25) is 0 Å². The smallest absolute Gasteiger partial charge is 0.243 e. The fraction of sp³-hybridized carbons (Fsp3) is 0.333. The van der Waals surface area contributed by atoms with Gasteiger partial charge in [0.15, 0.2) is 0 Å². The van der Waals surface area contributed by atoms with E-state index in [1.807, 2.05) is 68.4 Å². The number of carbonyl (C=O) groups excluding carboxylic acids is 2. The second kappa shape index (κ2) is 7.51. The molecular weight excluding hydrogens is 312 g/mol. The highest BCUT2D eigenvalue weighted by Crippen LogP contribution is 2.23. The van der Waals surface area contributed by atoms with E-state index in [0.29, 0.717) is 19.4 Å². The van der Waals surface area contributed by atoms with Crippen LogP contribution >= 0.6 is 0 Å². The third-order valence-electron chi connectivity index (χ3n) is 4.76. The molecule has 4 nitrogen and oxygen atoms in total. The van der Waals surface area contributed by atoms with Gasteiger partial charge in [0.25, 0.3) is 0 Å². The summed E-state index contributed by atoms with van der Waals surface area (Å²) in [5.41, 5.74) is 3.29. The van der Waals surface area contributed by atoms with Gasteiger partial charge in [0, 0.05) is 13.0 Å². The van der Waals surface area contributed by atoms with Crippen LogP contribution in [0.25, 0.3) is 0 Å². The van der Waals surface area contributed by atoms with E-state index in [9.17, 15) is 9.59 Å². The fourth-order valence-electron chi connectivity index (χ4n) is 3.23. The van der Waals surface area contributed by atoms with Crippen molar-refractivity contribution in [2.75, 3.05) is 0 Å². The predicted octanol–water partition coefficient (Wildman–Crippen LogP) is 3.36. The summed E-state index contributed by atoms with van der Waals surface area (Å²) >= 11 is 0. The van der Waals surface area contributed by atoms with Gasteiger partial charge >= 0.3 is 0 Å². The SMILES string of the molecule is Cc1ccc(CN2C(=O)CCC2C(=O)NC(C)c2ccccc2)cc1. The number of nitrogens with one attached hydrogen (secondary N) is 1. The van der Waals surface area contributed by atoms with Gasteiger partial charge < -0.3 is 10.2 Å². The van der Waals surface area contributed by atoms with Gasteiger partial charge in [-0.1, -0.05) is 60.2 Å². The van der Waals surface area contributed by atoms with Gasteiger partial charge in [-0.2, -0.15) is 0 Å². The number of nitrogens with zero attached hydrogens (tertiary/aromatic N) is 1. The molecule has 1 aliphatic heterocycles. The maximum absolute atomic E-state index is 12.7. The van der Waals surface area contributed by atoms with E-state index in [1.54, 1.807) is 4.90 Å². The standard InChI is InChI=1S/C21H24N2O2/c1-15-8-10-17(11-9-15)14-23-19(12-13-20(23)24)21(25)22-16(2)18-6-4-3-5-7-18/h3-11,16,19H,12-14H2,1-2H3,(H,22,25). The lowest BCUT2D eigenvalue weighted by Crippen LogP contribution is -2.45. The van der Waals surface area contributed by atoms with Crippen molar-refractivity contribution in [1.82, 2.24) is 10.2 Å². The molecule has 0 radical (unpaired) electrons. The zero-order chi connectivity index (χ0) is 17.8. The van der Waals surface area contributed by atoms with Crippen LogP contribution in [0.1, 0.15) is 42.5 Å². The largest absolute Gasteiger partial charge is 0.348 e. The topological polar surface area (TPSA) is 49.4 Å². The Morgan fingerprint density at radius 1 is 1.16 bits per heavy atom. The van der Waals surface area contributed by atoms with Crippen LogP contribution in [-0.2, 0) is 16.1 Å². The number of likely N-dealkylation sites (tertiary alicyclic amines) is 1. The first-order chi connectivity index (χ1) is 12.0. The van der Waals surface area contributed by atoms with Crippen molar-refractivity contribution in [2.45, 2.75) is 45.3 Å².